The molecule has 0 aliphatic carbocycles. The maximum Gasteiger partial charge on any atom is 0.262 e. The third kappa shape index (κ3) is 3.91. The maximum atomic E-state index is 12.7. The molecular weight excluding hydrogens is 340 g/mol. The molecule has 1 unspecified atom stereocenters. The average Bonchev–Trinajstić information content (AvgIpc) is 3.02. The maximum absolute atomic E-state index is 12.7. The van der Waals surface area contributed by atoms with E-state index < -0.39 is 10.0 Å². The molecule has 0 radical (unpaired) electrons. The van der Waals surface area contributed by atoms with Gasteiger partial charge >= 0.3 is 0 Å². The molecule has 3 rings (SSSR count). The SMILES string of the molecule is Cc1cccc(NC(=O)C2CCCN(S(=O)(=O)c3cn(C)cn3)C2)c1. The van der Waals surface area contributed by atoms with E-state index in [1.165, 1.54) is 16.8 Å². The lowest BCUT2D eigenvalue weighted by molar-refractivity contribution is -0.120. The van der Waals surface area contributed by atoms with Gasteiger partial charge in [0.25, 0.3) is 10.0 Å². The molecule has 0 spiro atoms. The van der Waals surface area contributed by atoms with Crippen molar-refractivity contribution < 1.29 is 13.2 Å². The Balaban J connectivity index is 1.71. The van der Waals surface area contributed by atoms with E-state index in [1.54, 1.807) is 11.6 Å². The normalized spacial score (nSPS) is 18.9. The Morgan fingerprint density at radius 3 is 2.84 bits per heavy atom. The second-order valence-electron chi connectivity index (χ2n) is 6.44. The molecule has 1 saturated heterocycles. The van der Waals surface area contributed by atoms with Gasteiger partial charge in [0.1, 0.15) is 0 Å². The van der Waals surface area contributed by atoms with Crippen LogP contribution in [0.4, 0.5) is 5.69 Å². The van der Waals surface area contributed by atoms with Crippen LogP contribution in [0.2, 0.25) is 0 Å². The number of carbonyl (C=O) groups excluding carboxylic acids is 1. The Hall–Kier alpha value is -2.19. The third-order valence-corrected chi connectivity index (χ3v) is 6.08. The summed E-state index contributed by atoms with van der Waals surface area (Å²) in [5, 5.41) is 2.91. The fraction of sp³-hybridized carbons (Fsp3) is 0.412. The van der Waals surface area contributed by atoms with Crippen molar-refractivity contribution in [3.05, 3.63) is 42.4 Å². The summed E-state index contributed by atoms with van der Waals surface area (Å²) in [6.07, 6.45) is 4.26. The Morgan fingerprint density at radius 2 is 2.16 bits per heavy atom. The lowest BCUT2D eigenvalue weighted by Crippen LogP contribution is -2.43. The van der Waals surface area contributed by atoms with E-state index in [0.717, 1.165) is 11.3 Å². The summed E-state index contributed by atoms with van der Waals surface area (Å²) in [6, 6.07) is 7.56. The van der Waals surface area contributed by atoms with E-state index in [4.69, 9.17) is 0 Å². The van der Waals surface area contributed by atoms with Gasteiger partial charge in [-0.25, -0.2) is 13.4 Å². The second-order valence-corrected chi connectivity index (χ2v) is 8.32. The molecule has 134 valence electrons. The first-order chi connectivity index (χ1) is 11.9. The summed E-state index contributed by atoms with van der Waals surface area (Å²) >= 11 is 0. The van der Waals surface area contributed by atoms with Gasteiger partial charge in [-0.05, 0) is 37.5 Å². The van der Waals surface area contributed by atoms with Crippen molar-refractivity contribution in [1.29, 1.82) is 0 Å². The number of nitrogens with zero attached hydrogens (tertiary/aromatic N) is 3. The molecule has 1 fully saturated rings. The van der Waals surface area contributed by atoms with Gasteiger partial charge in [-0.15, -0.1) is 0 Å². The van der Waals surface area contributed by atoms with E-state index in [-0.39, 0.29) is 23.4 Å². The zero-order chi connectivity index (χ0) is 18.0. The number of hydrogen-bond acceptors (Lipinski definition) is 4. The Morgan fingerprint density at radius 1 is 1.36 bits per heavy atom. The van der Waals surface area contributed by atoms with Crippen molar-refractivity contribution in [1.82, 2.24) is 13.9 Å². The predicted molar refractivity (Wildman–Crippen MR) is 94.5 cm³/mol. The molecule has 25 heavy (non-hydrogen) atoms. The fourth-order valence-corrected chi connectivity index (χ4v) is 4.49. The van der Waals surface area contributed by atoms with Crippen LogP contribution in [0.15, 0.2) is 41.8 Å². The Labute approximate surface area is 147 Å². The minimum atomic E-state index is -3.67. The predicted octanol–water partition coefficient (Wildman–Crippen LogP) is 1.77. The fourth-order valence-electron chi connectivity index (χ4n) is 3.00. The average molecular weight is 362 g/mol. The van der Waals surface area contributed by atoms with Crippen molar-refractivity contribution in [2.24, 2.45) is 13.0 Å². The zero-order valence-electron chi connectivity index (χ0n) is 14.3. The van der Waals surface area contributed by atoms with E-state index >= 15 is 0 Å². The van der Waals surface area contributed by atoms with E-state index in [9.17, 15) is 13.2 Å². The first kappa shape index (κ1) is 17.6. The molecule has 7 nitrogen and oxygen atoms in total. The number of nitrogens with one attached hydrogen (secondary N) is 1. The third-order valence-electron chi connectivity index (χ3n) is 4.33. The van der Waals surface area contributed by atoms with Crippen LogP contribution in [-0.4, -0.2) is 41.3 Å². The van der Waals surface area contributed by atoms with Crippen LogP contribution in [0.25, 0.3) is 0 Å². The molecule has 1 aromatic carbocycles. The highest BCUT2D eigenvalue weighted by molar-refractivity contribution is 7.89. The van der Waals surface area contributed by atoms with E-state index in [1.807, 2.05) is 31.2 Å². The molecule has 1 amide bonds. The highest BCUT2D eigenvalue weighted by Gasteiger charge is 2.34. The number of amides is 1. The second kappa shape index (κ2) is 6.97. The van der Waals surface area contributed by atoms with Gasteiger partial charge in [-0.1, -0.05) is 12.1 Å². The topological polar surface area (TPSA) is 84.3 Å². The molecule has 1 aliphatic heterocycles. The number of benzene rings is 1. The molecule has 1 N–H and O–H groups in total. The van der Waals surface area contributed by atoms with Crippen LogP contribution in [0.5, 0.6) is 0 Å². The van der Waals surface area contributed by atoms with Crippen LogP contribution in [0.3, 0.4) is 0 Å². The highest BCUT2D eigenvalue weighted by Crippen LogP contribution is 2.24. The van der Waals surface area contributed by atoms with Gasteiger partial charge < -0.3 is 9.88 Å². The first-order valence-electron chi connectivity index (χ1n) is 8.22. The highest BCUT2D eigenvalue weighted by atomic mass is 32.2. The van der Waals surface area contributed by atoms with Gasteiger partial charge in [0.05, 0.1) is 12.2 Å². The van der Waals surface area contributed by atoms with Crippen molar-refractivity contribution in [3.8, 4) is 0 Å². The van der Waals surface area contributed by atoms with Crippen LogP contribution >= 0.6 is 0 Å². The van der Waals surface area contributed by atoms with Crippen LogP contribution in [0, 0.1) is 12.8 Å². The molecular formula is C17H22N4O3S. The number of imidazole rings is 1. The number of piperidine rings is 1. The van der Waals surface area contributed by atoms with Crippen molar-refractivity contribution in [2.45, 2.75) is 24.8 Å². The van der Waals surface area contributed by atoms with Gasteiger partial charge in [-0.3, -0.25) is 4.79 Å². The number of rotatable bonds is 4. The first-order valence-corrected chi connectivity index (χ1v) is 9.66. The molecule has 0 bridgehead atoms. The number of sulfonamides is 1. The number of carbonyl (C=O) groups is 1. The summed E-state index contributed by atoms with van der Waals surface area (Å²) in [5.41, 5.74) is 1.79. The van der Waals surface area contributed by atoms with Crippen LogP contribution in [-0.2, 0) is 21.9 Å². The summed E-state index contributed by atoms with van der Waals surface area (Å²) in [5.74, 6) is -0.515. The number of aromatic nitrogens is 2. The molecule has 0 saturated carbocycles. The Bertz CT molecular complexity index is 876. The van der Waals surface area contributed by atoms with E-state index in [2.05, 4.69) is 10.3 Å². The lowest BCUT2D eigenvalue weighted by atomic mass is 9.98. The van der Waals surface area contributed by atoms with Gasteiger partial charge in [-0.2, -0.15) is 4.31 Å². The minimum absolute atomic E-state index is 0.0229. The van der Waals surface area contributed by atoms with Gasteiger partial charge in [0.2, 0.25) is 5.91 Å². The largest absolute Gasteiger partial charge is 0.339 e. The minimum Gasteiger partial charge on any atom is -0.339 e. The standard InChI is InChI=1S/C17H22N4O3S/c1-13-5-3-7-15(9-13)19-17(22)14-6-4-8-21(10-14)25(23,24)16-11-20(2)12-18-16/h3,5,7,9,11-12,14H,4,6,8,10H2,1-2H3,(H,19,22). The van der Waals surface area contributed by atoms with Crippen molar-refractivity contribution >= 4 is 21.6 Å². The quantitative estimate of drug-likeness (QED) is 0.898. The summed E-state index contributed by atoms with van der Waals surface area (Å²) < 4.78 is 28.3. The number of hydrogen-bond donors (Lipinski definition) is 1. The molecule has 1 aromatic heterocycles. The molecule has 8 heteroatoms. The summed E-state index contributed by atoms with van der Waals surface area (Å²) in [4.78, 5) is 16.5. The zero-order valence-corrected chi connectivity index (χ0v) is 15.2. The molecule has 1 atom stereocenters. The smallest absolute Gasteiger partial charge is 0.262 e. The van der Waals surface area contributed by atoms with Crippen molar-refractivity contribution in [3.63, 3.8) is 0 Å². The Kier molecular flexibility index (Phi) is 4.91. The van der Waals surface area contributed by atoms with Crippen molar-refractivity contribution in [2.75, 3.05) is 18.4 Å². The summed E-state index contributed by atoms with van der Waals surface area (Å²) in [6.45, 7) is 2.54. The molecule has 2 aromatic rings. The van der Waals surface area contributed by atoms with E-state index in [0.29, 0.717) is 19.4 Å². The molecule has 1 aliphatic rings. The number of aryl methyl sites for hydroxylation is 2. The van der Waals surface area contributed by atoms with Gasteiger partial charge in [0, 0.05) is 32.0 Å². The van der Waals surface area contributed by atoms with Crippen LogP contribution < -0.4 is 5.32 Å². The monoisotopic (exact) mass is 362 g/mol. The molecule has 2 heterocycles. The lowest BCUT2D eigenvalue weighted by Gasteiger charge is -2.30. The van der Waals surface area contributed by atoms with Crippen LogP contribution in [0.1, 0.15) is 18.4 Å². The van der Waals surface area contributed by atoms with Gasteiger partial charge in [0.15, 0.2) is 5.03 Å². The number of anilines is 1. The summed E-state index contributed by atoms with van der Waals surface area (Å²) in [7, 11) is -1.94.